The molecular formula is C66H60N3OPt-. The molecule has 8 aromatic carbocycles. The number of nitrogens with zero attached hydrogens (tertiary/aromatic N) is 3. The van der Waals surface area contributed by atoms with Crippen molar-refractivity contribution >= 4 is 11.0 Å². The molecule has 1 N–H and O–H groups in total. The van der Waals surface area contributed by atoms with Gasteiger partial charge in [-0.25, -0.2) is 4.98 Å². The van der Waals surface area contributed by atoms with Crippen molar-refractivity contribution in [3.05, 3.63) is 216 Å². The SMILES string of the molecule is [2H]C([2H])([2H])c1ccc(-c2ccnc(-c3[c-]c(-c4cccc5c4nc(-c4cc(C(C)C)cc(C(C)C)c4O)n5-c4ccc(-c5c(-c6ccccc6)cccc5C(C)(C)C)cc4C([2H])([2H])[2H])cc(-c4ccccc4)c3)c2)cc1.[Pt]. The predicted octanol–water partition coefficient (Wildman–Crippen LogP) is 17.8. The van der Waals surface area contributed by atoms with Gasteiger partial charge in [0.15, 0.2) is 0 Å². The Morgan fingerprint density at radius 3 is 1.94 bits per heavy atom. The number of para-hydroxylation sites is 1. The third kappa shape index (κ3) is 9.59. The molecule has 10 aromatic rings. The molecule has 0 bridgehead atoms. The average Bonchev–Trinajstić information content (AvgIpc) is 3.97. The number of phenolic OH excluding ortho intramolecular Hbond substituents is 1. The number of pyridine rings is 1. The van der Waals surface area contributed by atoms with Gasteiger partial charge in [0.25, 0.3) is 0 Å². The van der Waals surface area contributed by atoms with Crippen molar-refractivity contribution in [2.45, 2.75) is 79.4 Å². The number of aryl methyl sites for hydroxylation is 2. The van der Waals surface area contributed by atoms with Gasteiger partial charge in [0.1, 0.15) is 11.6 Å². The fourth-order valence-electron chi connectivity index (χ4n) is 9.67. The predicted molar refractivity (Wildman–Crippen MR) is 294 cm³/mol. The zero-order valence-electron chi connectivity index (χ0n) is 47.1. The second-order valence-corrected chi connectivity index (χ2v) is 19.9. The Hall–Kier alpha value is -7.13. The Labute approximate surface area is 442 Å². The summed E-state index contributed by atoms with van der Waals surface area (Å²) < 4.78 is 53.4. The van der Waals surface area contributed by atoms with E-state index in [-0.39, 0.29) is 55.2 Å². The van der Waals surface area contributed by atoms with E-state index in [2.05, 4.69) is 115 Å². The Balaban J connectivity index is 0.00000722. The number of fused-ring (bicyclic) bond motifs is 1. The summed E-state index contributed by atoms with van der Waals surface area (Å²) >= 11 is 0. The molecule has 0 atom stereocenters. The first kappa shape index (κ1) is 41.6. The van der Waals surface area contributed by atoms with E-state index in [0.29, 0.717) is 33.8 Å². The zero-order valence-corrected chi connectivity index (χ0v) is 43.4. The van der Waals surface area contributed by atoms with Gasteiger partial charge in [-0.15, -0.1) is 23.8 Å². The molecular weight excluding hydrogens is 1050 g/mol. The zero-order chi connectivity index (χ0) is 53.8. The summed E-state index contributed by atoms with van der Waals surface area (Å²) in [5.41, 5.74) is 15.4. The summed E-state index contributed by atoms with van der Waals surface area (Å²) in [6.45, 7) is 10.1. The van der Waals surface area contributed by atoms with E-state index in [1.807, 2.05) is 108 Å². The maximum absolute atomic E-state index is 12.4. The monoisotopic (exact) mass is 1110 g/mol. The van der Waals surface area contributed by atoms with Crippen LogP contribution in [0.15, 0.2) is 182 Å². The summed E-state index contributed by atoms with van der Waals surface area (Å²) in [5.74, 6) is 0.578. The fraction of sp³-hybridized carbons (Fsp3) is 0.182. The van der Waals surface area contributed by atoms with Gasteiger partial charge in [0.2, 0.25) is 0 Å². The van der Waals surface area contributed by atoms with Gasteiger partial charge < -0.3 is 5.11 Å². The van der Waals surface area contributed by atoms with Crippen LogP contribution in [0.1, 0.15) is 96.3 Å². The Morgan fingerprint density at radius 1 is 0.577 bits per heavy atom. The molecule has 0 fully saturated rings. The summed E-state index contributed by atoms with van der Waals surface area (Å²) in [4.78, 5) is 10.4. The van der Waals surface area contributed by atoms with E-state index < -0.39 is 13.7 Å². The molecule has 2 aromatic heterocycles. The number of hydrogen-bond donors (Lipinski definition) is 1. The molecule has 0 unspecified atom stereocenters. The minimum atomic E-state index is -2.59. The van der Waals surface area contributed by atoms with Crippen LogP contribution in [0, 0.1) is 19.8 Å². The number of hydrogen-bond acceptors (Lipinski definition) is 3. The minimum absolute atomic E-state index is 0. The third-order valence-electron chi connectivity index (χ3n) is 13.4. The molecule has 0 aliphatic heterocycles. The number of phenols is 1. The van der Waals surface area contributed by atoms with Gasteiger partial charge in [0.05, 0.1) is 22.3 Å². The second-order valence-electron chi connectivity index (χ2n) is 19.9. The molecule has 2 heterocycles. The summed E-state index contributed by atoms with van der Waals surface area (Å²) in [5, 5.41) is 12.4. The Morgan fingerprint density at radius 2 is 1.25 bits per heavy atom. The van der Waals surface area contributed by atoms with Crippen LogP contribution in [0.3, 0.4) is 0 Å². The van der Waals surface area contributed by atoms with Crippen LogP contribution in [0.2, 0.25) is 0 Å². The molecule has 0 aliphatic carbocycles. The first-order chi connectivity index (χ1) is 36.2. The molecule has 0 radical (unpaired) electrons. The molecule has 0 spiro atoms. The molecule has 0 saturated carbocycles. The van der Waals surface area contributed by atoms with E-state index in [0.717, 1.165) is 77.9 Å². The maximum Gasteiger partial charge on any atom is 0.148 e. The van der Waals surface area contributed by atoms with Crippen molar-refractivity contribution in [1.82, 2.24) is 14.5 Å². The second kappa shape index (κ2) is 19.9. The Bertz CT molecular complexity index is 3780. The van der Waals surface area contributed by atoms with Crippen molar-refractivity contribution in [3.8, 4) is 89.7 Å². The summed E-state index contributed by atoms with van der Waals surface area (Å²) in [7, 11) is 0. The van der Waals surface area contributed by atoms with E-state index in [1.165, 1.54) is 0 Å². The smallest absolute Gasteiger partial charge is 0.148 e. The van der Waals surface area contributed by atoms with Crippen LogP contribution in [-0.4, -0.2) is 19.6 Å². The van der Waals surface area contributed by atoms with Crippen LogP contribution in [0.4, 0.5) is 0 Å². The van der Waals surface area contributed by atoms with Gasteiger partial charge in [-0.05, 0) is 122 Å². The van der Waals surface area contributed by atoms with Crippen LogP contribution >= 0.6 is 0 Å². The summed E-state index contributed by atoms with van der Waals surface area (Å²) in [6, 6.07) is 61.1. The van der Waals surface area contributed by atoms with Crippen LogP contribution in [0.5, 0.6) is 5.75 Å². The quantitative estimate of drug-likeness (QED) is 0.139. The Kier molecular flexibility index (Phi) is 11.7. The van der Waals surface area contributed by atoms with E-state index >= 15 is 0 Å². The molecule has 10 rings (SSSR count). The summed E-state index contributed by atoms with van der Waals surface area (Å²) in [6.07, 6.45) is 1.75. The van der Waals surface area contributed by atoms with E-state index in [4.69, 9.17) is 14.1 Å². The molecule has 71 heavy (non-hydrogen) atoms. The van der Waals surface area contributed by atoms with Gasteiger partial charge in [-0.3, -0.25) is 9.55 Å². The van der Waals surface area contributed by atoms with Crippen molar-refractivity contribution in [3.63, 3.8) is 0 Å². The van der Waals surface area contributed by atoms with Gasteiger partial charge in [-0.1, -0.05) is 204 Å². The molecule has 0 saturated heterocycles. The van der Waals surface area contributed by atoms with E-state index in [1.54, 1.807) is 18.3 Å². The molecule has 0 aliphatic rings. The number of aromatic nitrogens is 3. The van der Waals surface area contributed by atoms with Crippen LogP contribution in [0.25, 0.3) is 95.0 Å². The topological polar surface area (TPSA) is 50.9 Å². The number of benzene rings is 8. The van der Waals surface area contributed by atoms with Crippen molar-refractivity contribution in [2.24, 2.45) is 0 Å². The fourth-order valence-corrected chi connectivity index (χ4v) is 9.67. The number of imidazole rings is 1. The number of aromatic hydroxyl groups is 1. The van der Waals surface area contributed by atoms with E-state index in [9.17, 15) is 9.22 Å². The maximum atomic E-state index is 12.4. The van der Waals surface area contributed by atoms with Crippen molar-refractivity contribution < 1.29 is 34.4 Å². The minimum Gasteiger partial charge on any atom is -0.507 e. The largest absolute Gasteiger partial charge is 0.507 e. The molecule has 4 nitrogen and oxygen atoms in total. The third-order valence-corrected chi connectivity index (χ3v) is 13.4. The average molecular weight is 1110 g/mol. The van der Waals surface area contributed by atoms with Crippen LogP contribution in [-0.2, 0) is 26.5 Å². The first-order valence-corrected chi connectivity index (χ1v) is 24.1. The standard InChI is InChI=1S/C66H60N3O.Pt/c1-41(2)50-38-56(42(3)4)64(70)57(39-50)65-68-63-55(52-35-51(45-18-12-10-13-19-45)36-53(37-52)59-40-48(32-33-67-59)46-28-26-43(5)27-29-46)23-17-25-61(63)69(65)60-31-30-49(34-44(60)6)62-54(47-20-14-11-15-21-47)22-16-24-58(62)66(7,8)9;/h10-36,38-42,70H,1-9H3;/q-1;/i5D3,6D3;. The first-order valence-electron chi connectivity index (χ1n) is 27.1. The van der Waals surface area contributed by atoms with Gasteiger partial charge in [0, 0.05) is 41.2 Å². The van der Waals surface area contributed by atoms with Crippen LogP contribution < -0.4 is 0 Å². The van der Waals surface area contributed by atoms with Gasteiger partial charge >= 0.3 is 0 Å². The van der Waals surface area contributed by atoms with Gasteiger partial charge in [-0.2, -0.15) is 0 Å². The normalized spacial score (nSPS) is 13.3. The number of rotatable bonds is 10. The van der Waals surface area contributed by atoms with Crippen molar-refractivity contribution in [1.29, 1.82) is 0 Å². The van der Waals surface area contributed by atoms with Crippen molar-refractivity contribution in [2.75, 3.05) is 0 Å². The molecule has 0 amide bonds. The molecule has 5 heteroatoms. The molecule has 356 valence electrons.